The predicted octanol–water partition coefficient (Wildman–Crippen LogP) is 1.13. The molecule has 1 aliphatic rings. The second kappa shape index (κ2) is 6.49. The molecule has 2 N–H and O–H groups in total. The van der Waals surface area contributed by atoms with Crippen LogP contribution in [0.1, 0.15) is 32.1 Å². The first kappa shape index (κ1) is 14.5. The van der Waals surface area contributed by atoms with Gasteiger partial charge in [0.2, 0.25) is 0 Å². The van der Waals surface area contributed by atoms with Crippen molar-refractivity contribution in [2.45, 2.75) is 43.7 Å². The highest BCUT2D eigenvalue weighted by Crippen LogP contribution is 2.20. The SMILES string of the molecule is NS(=O)(=O)c1cn(CCCCC2CCOCC2)cn1. The number of imidazole rings is 1. The van der Waals surface area contributed by atoms with E-state index >= 15 is 0 Å². The van der Waals surface area contributed by atoms with Crippen LogP contribution in [0.15, 0.2) is 17.6 Å². The van der Waals surface area contributed by atoms with E-state index in [1.54, 1.807) is 4.57 Å². The first-order valence-corrected chi connectivity index (χ1v) is 8.22. The average molecular weight is 287 g/mol. The average Bonchev–Trinajstić information content (AvgIpc) is 2.85. The maximum Gasteiger partial charge on any atom is 0.257 e. The van der Waals surface area contributed by atoms with E-state index in [0.717, 1.165) is 38.5 Å². The van der Waals surface area contributed by atoms with E-state index in [0.29, 0.717) is 0 Å². The zero-order valence-corrected chi connectivity index (χ0v) is 11.8. The largest absolute Gasteiger partial charge is 0.381 e. The second-order valence-electron chi connectivity index (χ2n) is 5.05. The first-order chi connectivity index (χ1) is 9.05. The number of hydrogen-bond donors (Lipinski definition) is 1. The van der Waals surface area contributed by atoms with Crippen LogP contribution < -0.4 is 5.14 Å². The summed E-state index contributed by atoms with van der Waals surface area (Å²) in [5.74, 6) is 0.788. The van der Waals surface area contributed by atoms with Gasteiger partial charge < -0.3 is 9.30 Å². The van der Waals surface area contributed by atoms with Crippen LogP contribution in [0.5, 0.6) is 0 Å². The third kappa shape index (κ3) is 4.59. The molecule has 2 rings (SSSR count). The van der Waals surface area contributed by atoms with Gasteiger partial charge in [-0.2, -0.15) is 0 Å². The summed E-state index contributed by atoms with van der Waals surface area (Å²) in [7, 11) is -3.68. The molecule has 19 heavy (non-hydrogen) atoms. The Morgan fingerprint density at radius 1 is 1.37 bits per heavy atom. The fourth-order valence-electron chi connectivity index (χ4n) is 2.37. The summed E-state index contributed by atoms with van der Waals surface area (Å²) in [6.07, 6.45) is 8.74. The van der Waals surface area contributed by atoms with E-state index in [1.807, 2.05) is 0 Å². The van der Waals surface area contributed by atoms with Crippen LogP contribution >= 0.6 is 0 Å². The van der Waals surface area contributed by atoms with Gasteiger partial charge in [0.1, 0.15) is 0 Å². The fourth-order valence-corrected chi connectivity index (χ4v) is 2.85. The van der Waals surface area contributed by atoms with Crippen LogP contribution in [0.3, 0.4) is 0 Å². The lowest BCUT2D eigenvalue weighted by atomic mass is 9.94. The summed E-state index contributed by atoms with van der Waals surface area (Å²) in [5, 5.41) is 4.95. The highest BCUT2D eigenvalue weighted by molar-refractivity contribution is 7.89. The molecule has 6 nitrogen and oxygen atoms in total. The number of aromatic nitrogens is 2. The summed E-state index contributed by atoms with van der Waals surface area (Å²) < 4.78 is 29.3. The van der Waals surface area contributed by atoms with E-state index in [-0.39, 0.29) is 5.03 Å². The Balaban J connectivity index is 1.69. The summed E-state index contributed by atoms with van der Waals surface area (Å²) in [6, 6.07) is 0. The highest BCUT2D eigenvalue weighted by atomic mass is 32.2. The maximum absolute atomic E-state index is 11.1. The lowest BCUT2D eigenvalue weighted by Crippen LogP contribution is -2.15. The van der Waals surface area contributed by atoms with Crippen molar-refractivity contribution in [1.29, 1.82) is 0 Å². The standard InChI is InChI=1S/C12H21N3O3S/c13-19(16,17)12-9-15(10-14-12)6-2-1-3-11-4-7-18-8-5-11/h9-11H,1-8H2,(H2,13,16,17). The Morgan fingerprint density at radius 3 is 2.74 bits per heavy atom. The molecule has 1 aromatic heterocycles. The number of ether oxygens (including phenoxy) is 1. The molecule has 0 atom stereocenters. The second-order valence-corrected chi connectivity index (χ2v) is 6.55. The number of rotatable bonds is 6. The lowest BCUT2D eigenvalue weighted by molar-refractivity contribution is 0.0630. The van der Waals surface area contributed by atoms with Crippen molar-refractivity contribution in [3.8, 4) is 0 Å². The van der Waals surface area contributed by atoms with Crippen LogP contribution in [0.25, 0.3) is 0 Å². The van der Waals surface area contributed by atoms with E-state index < -0.39 is 10.0 Å². The Kier molecular flexibility index (Phi) is 4.95. The molecule has 0 radical (unpaired) electrons. The van der Waals surface area contributed by atoms with Crippen molar-refractivity contribution in [3.63, 3.8) is 0 Å². The summed E-state index contributed by atoms with van der Waals surface area (Å²) in [4.78, 5) is 3.79. The molecule has 0 aromatic carbocycles. The summed E-state index contributed by atoms with van der Waals surface area (Å²) in [6.45, 7) is 2.57. The van der Waals surface area contributed by atoms with Gasteiger partial charge in [-0.3, -0.25) is 0 Å². The van der Waals surface area contributed by atoms with Crippen LogP contribution in [0, 0.1) is 5.92 Å². The van der Waals surface area contributed by atoms with Gasteiger partial charge in [-0.15, -0.1) is 0 Å². The van der Waals surface area contributed by atoms with Gasteiger partial charge >= 0.3 is 0 Å². The van der Waals surface area contributed by atoms with Gasteiger partial charge in [0.05, 0.1) is 6.33 Å². The number of unbranched alkanes of at least 4 members (excludes halogenated alkanes) is 1. The van der Waals surface area contributed by atoms with Crippen molar-refractivity contribution >= 4 is 10.0 Å². The van der Waals surface area contributed by atoms with Gasteiger partial charge in [0, 0.05) is 26.0 Å². The molecule has 2 heterocycles. The Morgan fingerprint density at radius 2 is 2.11 bits per heavy atom. The van der Waals surface area contributed by atoms with Crippen molar-refractivity contribution in [1.82, 2.24) is 9.55 Å². The normalized spacial score (nSPS) is 17.7. The molecule has 1 saturated heterocycles. The molecule has 1 aliphatic heterocycles. The van der Waals surface area contributed by atoms with Gasteiger partial charge in [0.15, 0.2) is 5.03 Å². The van der Waals surface area contributed by atoms with Gasteiger partial charge in [-0.1, -0.05) is 12.8 Å². The summed E-state index contributed by atoms with van der Waals surface area (Å²) in [5.41, 5.74) is 0. The Labute approximate surface area is 114 Å². The van der Waals surface area contributed by atoms with Gasteiger partial charge in [-0.25, -0.2) is 18.5 Å². The minimum Gasteiger partial charge on any atom is -0.381 e. The van der Waals surface area contributed by atoms with Crippen molar-refractivity contribution in [2.24, 2.45) is 11.1 Å². The van der Waals surface area contributed by atoms with Gasteiger partial charge in [-0.05, 0) is 25.2 Å². The zero-order valence-electron chi connectivity index (χ0n) is 11.0. The molecule has 1 aromatic rings. The van der Waals surface area contributed by atoms with Crippen molar-refractivity contribution in [3.05, 3.63) is 12.5 Å². The van der Waals surface area contributed by atoms with Crippen LogP contribution in [0.2, 0.25) is 0 Å². The number of nitrogens with zero attached hydrogens (tertiary/aromatic N) is 2. The highest BCUT2D eigenvalue weighted by Gasteiger charge is 2.13. The summed E-state index contributed by atoms with van der Waals surface area (Å²) >= 11 is 0. The van der Waals surface area contributed by atoms with E-state index in [1.165, 1.54) is 31.8 Å². The number of primary sulfonamides is 1. The fraction of sp³-hybridized carbons (Fsp3) is 0.750. The molecule has 108 valence electrons. The third-order valence-corrected chi connectivity index (χ3v) is 4.31. The Hall–Kier alpha value is -0.920. The molecule has 7 heteroatoms. The number of sulfonamides is 1. The maximum atomic E-state index is 11.1. The Bertz CT molecular complexity index is 492. The molecule has 0 aliphatic carbocycles. The quantitative estimate of drug-likeness (QED) is 0.794. The smallest absolute Gasteiger partial charge is 0.257 e. The zero-order chi connectivity index (χ0) is 13.7. The van der Waals surface area contributed by atoms with Crippen LogP contribution in [-0.2, 0) is 21.3 Å². The third-order valence-electron chi connectivity index (χ3n) is 3.52. The monoisotopic (exact) mass is 287 g/mol. The molecule has 0 bridgehead atoms. The van der Waals surface area contributed by atoms with E-state index in [9.17, 15) is 8.42 Å². The molecule has 0 saturated carbocycles. The van der Waals surface area contributed by atoms with Crippen LogP contribution in [-0.4, -0.2) is 31.2 Å². The minimum absolute atomic E-state index is 0.0584. The first-order valence-electron chi connectivity index (χ1n) is 6.68. The van der Waals surface area contributed by atoms with E-state index in [2.05, 4.69) is 4.98 Å². The van der Waals surface area contributed by atoms with E-state index in [4.69, 9.17) is 9.88 Å². The molecule has 0 spiro atoms. The molecular formula is C12H21N3O3S. The van der Waals surface area contributed by atoms with Crippen molar-refractivity contribution < 1.29 is 13.2 Å². The number of aryl methyl sites for hydroxylation is 1. The van der Waals surface area contributed by atoms with Gasteiger partial charge in [0.25, 0.3) is 10.0 Å². The van der Waals surface area contributed by atoms with Crippen molar-refractivity contribution in [2.75, 3.05) is 13.2 Å². The molecule has 1 fully saturated rings. The topological polar surface area (TPSA) is 87.2 Å². The predicted molar refractivity (Wildman–Crippen MR) is 71.0 cm³/mol. The van der Waals surface area contributed by atoms with Crippen LogP contribution in [0.4, 0.5) is 0 Å². The number of nitrogens with two attached hydrogens (primary N) is 1. The lowest BCUT2D eigenvalue weighted by Gasteiger charge is -2.21. The molecule has 0 amide bonds. The minimum atomic E-state index is -3.68. The number of hydrogen-bond acceptors (Lipinski definition) is 4. The molecule has 0 unspecified atom stereocenters. The molecular weight excluding hydrogens is 266 g/mol.